The molecule has 10 nitrogen and oxygen atoms in total. The second-order valence-corrected chi connectivity index (χ2v) is 8.57. The summed E-state index contributed by atoms with van der Waals surface area (Å²) in [6.07, 6.45) is 0. The first kappa shape index (κ1) is 23.9. The van der Waals surface area contributed by atoms with Gasteiger partial charge in [-0.15, -0.1) is 0 Å². The molecule has 35 heavy (non-hydrogen) atoms. The average molecular weight is 511 g/mol. The van der Waals surface area contributed by atoms with Gasteiger partial charge in [0.1, 0.15) is 5.02 Å². The molecule has 4 rings (SSSR count). The number of nitrogens with zero attached hydrogens (tertiary/aromatic N) is 4. The van der Waals surface area contributed by atoms with E-state index in [4.69, 9.17) is 16.3 Å². The van der Waals surface area contributed by atoms with Crippen LogP contribution in [0.4, 0.5) is 11.4 Å². The Kier molecular flexibility index (Phi) is 6.80. The fourth-order valence-corrected chi connectivity index (χ4v) is 4.38. The summed E-state index contributed by atoms with van der Waals surface area (Å²) in [6.45, 7) is 1.68. The number of benzene rings is 3. The molecule has 0 saturated carbocycles. The molecule has 0 unspecified atom stereocenters. The van der Waals surface area contributed by atoms with E-state index in [2.05, 4.69) is 5.10 Å². The van der Waals surface area contributed by atoms with Crippen LogP contribution in [0.2, 0.25) is 5.02 Å². The zero-order valence-electron chi connectivity index (χ0n) is 18.0. The molecule has 0 fully saturated rings. The number of hydrogen-bond acceptors (Lipinski definition) is 8. The topological polar surface area (TPSA) is 130 Å². The first-order chi connectivity index (χ1) is 16.8. The maximum Gasteiger partial charge on any atom is 0.345 e. The number of nitro benzene ring substituents is 2. The van der Waals surface area contributed by atoms with Crippen molar-refractivity contribution < 1.29 is 19.4 Å². The number of esters is 1. The predicted octanol–water partition coefficient (Wildman–Crippen LogP) is 6.02. The van der Waals surface area contributed by atoms with Gasteiger partial charge in [-0.2, -0.15) is 9.78 Å². The van der Waals surface area contributed by atoms with Crippen molar-refractivity contribution in [2.24, 2.45) is 0 Å². The number of aryl methyl sites for hydroxylation is 1. The minimum atomic E-state index is -0.883. The van der Waals surface area contributed by atoms with E-state index in [1.54, 1.807) is 55.5 Å². The van der Waals surface area contributed by atoms with E-state index in [-0.39, 0.29) is 22.2 Å². The minimum Gasteiger partial charge on any atom is -0.402 e. The third-order valence-electron chi connectivity index (χ3n) is 4.81. The smallest absolute Gasteiger partial charge is 0.345 e. The Morgan fingerprint density at radius 2 is 1.63 bits per heavy atom. The van der Waals surface area contributed by atoms with E-state index in [1.807, 2.05) is 0 Å². The fourth-order valence-electron chi connectivity index (χ4n) is 3.17. The number of halogens is 1. The molecule has 0 aliphatic rings. The number of rotatable bonds is 7. The minimum absolute atomic E-state index is 0.0134. The molecule has 0 amide bonds. The van der Waals surface area contributed by atoms with Crippen molar-refractivity contribution in [3.8, 4) is 11.6 Å². The SMILES string of the molecule is Cc1nn(-c2ccccc2)c(OC(=O)c2ccc(Cl)c([N+](=O)[O-])c2)c1Sc1ccccc1[N+](=O)[O-]. The van der Waals surface area contributed by atoms with Crippen molar-refractivity contribution in [3.63, 3.8) is 0 Å². The molecule has 0 aliphatic heterocycles. The van der Waals surface area contributed by atoms with Crippen LogP contribution in [0.1, 0.15) is 16.1 Å². The van der Waals surface area contributed by atoms with Crippen LogP contribution in [0.3, 0.4) is 0 Å². The summed E-state index contributed by atoms with van der Waals surface area (Å²) in [7, 11) is 0. The van der Waals surface area contributed by atoms with Gasteiger partial charge in [0.15, 0.2) is 0 Å². The van der Waals surface area contributed by atoms with Crippen LogP contribution >= 0.6 is 23.4 Å². The molecule has 176 valence electrons. The molecule has 0 atom stereocenters. The number of aromatic nitrogens is 2. The molecule has 0 aliphatic carbocycles. The van der Waals surface area contributed by atoms with E-state index in [0.29, 0.717) is 21.2 Å². The Morgan fingerprint density at radius 1 is 0.971 bits per heavy atom. The molecule has 0 radical (unpaired) electrons. The van der Waals surface area contributed by atoms with Crippen LogP contribution in [-0.2, 0) is 0 Å². The molecular formula is C23H15ClN4O6S. The van der Waals surface area contributed by atoms with Gasteiger partial charge in [0, 0.05) is 12.1 Å². The Morgan fingerprint density at radius 3 is 2.31 bits per heavy atom. The molecule has 0 N–H and O–H groups in total. The molecule has 0 saturated heterocycles. The maximum atomic E-state index is 13.0. The first-order valence-electron chi connectivity index (χ1n) is 9.98. The predicted molar refractivity (Wildman–Crippen MR) is 129 cm³/mol. The lowest BCUT2D eigenvalue weighted by atomic mass is 10.2. The van der Waals surface area contributed by atoms with Crippen LogP contribution < -0.4 is 4.74 Å². The summed E-state index contributed by atoms with van der Waals surface area (Å²) in [4.78, 5) is 35.3. The quantitative estimate of drug-likeness (QED) is 0.167. The first-order valence-corrected chi connectivity index (χ1v) is 11.2. The van der Waals surface area contributed by atoms with Crippen molar-refractivity contribution in [1.29, 1.82) is 0 Å². The summed E-state index contributed by atoms with van der Waals surface area (Å²) in [5.74, 6) is -0.870. The van der Waals surface area contributed by atoms with Gasteiger partial charge in [0.2, 0.25) is 5.88 Å². The normalized spacial score (nSPS) is 10.7. The summed E-state index contributed by atoms with van der Waals surface area (Å²) in [5.41, 5.74) is 0.385. The van der Waals surface area contributed by atoms with E-state index < -0.39 is 21.5 Å². The maximum absolute atomic E-state index is 13.0. The zero-order chi connectivity index (χ0) is 25.1. The van der Waals surface area contributed by atoms with Gasteiger partial charge in [-0.1, -0.05) is 53.7 Å². The number of para-hydroxylation sites is 2. The van der Waals surface area contributed by atoms with Gasteiger partial charge in [0.05, 0.1) is 36.6 Å². The molecule has 3 aromatic carbocycles. The lowest BCUT2D eigenvalue weighted by molar-refractivity contribution is -0.387. The van der Waals surface area contributed by atoms with Gasteiger partial charge in [-0.05, 0) is 37.3 Å². The van der Waals surface area contributed by atoms with Crippen LogP contribution in [0, 0.1) is 27.2 Å². The van der Waals surface area contributed by atoms with Gasteiger partial charge < -0.3 is 4.74 Å². The molecule has 4 aromatic rings. The van der Waals surface area contributed by atoms with E-state index in [9.17, 15) is 25.0 Å². The Bertz CT molecular complexity index is 1460. The highest BCUT2D eigenvalue weighted by atomic mass is 35.5. The molecule has 12 heteroatoms. The lowest BCUT2D eigenvalue weighted by Gasteiger charge is -2.10. The van der Waals surface area contributed by atoms with Crippen molar-refractivity contribution in [3.05, 3.63) is 109 Å². The van der Waals surface area contributed by atoms with Crippen LogP contribution in [0.5, 0.6) is 5.88 Å². The Labute approximate surface area is 207 Å². The zero-order valence-corrected chi connectivity index (χ0v) is 19.5. The van der Waals surface area contributed by atoms with E-state index in [0.717, 1.165) is 17.8 Å². The van der Waals surface area contributed by atoms with Gasteiger partial charge >= 0.3 is 5.97 Å². The fraction of sp³-hybridized carbons (Fsp3) is 0.0435. The molecule has 0 spiro atoms. The number of hydrogen-bond donors (Lipinski definition) is 0. The molecular weight excluding hydrogens is 496 g/mol. The summed E-state index contributed by atoms with van der Waals surface area (Å²) >= 11 is 6.88. The van der Waals surface area contributed by atoms with Crippen molar-refractivity contribution in [1.82, 2.24) is 9.78 Å². The number of nitro groups is 2. The summed E-state index contributed by atoms with van der Waals surface area (Å²) in [5, 5.41) is 27.1. The highest BCUT2D eigenvalue weighted by molar-refractivity contribution is 7.99. The standard InChI is InChI=1S/C23H15ClN4O6S/c1-14-21(35-20-10-6-5-9-18(20)27(30)31)22(26(25-14)16-7-3-2-4-8-16)34-23(29)15-11-12-17(24)19(13-15)28(32)33/h2-13H,1H3. The van der Waals surface area contributed by atoms with Gasteiger partial charge in [0.25, 0.3) is 11.4 Å². The van der Waals surface area contributed by atoms with Crippen LogP contribution in [0.15, 0.2) is 82.6 Å². The molecule has 1 aromatic heterocycles. The second-order valence-electron chi connectivity index (χ2n) is 7.11. The average Bonchev–Trinajstić information content (AvgIpc) is 3.14. The Hall–Kier alpha value is -4.22. The van der Waals surface area contributed by atoms with Crippen LogP contribution in [-0.4, -0.2) is 25.6 Å². The van der Waals surface area contributed by atoms with Gasteiger partial charge in [-0.3, -0.25) is 20.2 Å². The van der Waals surface area contributed by atoms with Crippen molar-refractivity contribution in [2.75, 3.05) is 0 Å². The van der Waals surface area contributed by atoms with Crippen molar-refractivity contribution in [2.45, 2.75) is 16.7 Å². The highest BCUT2D eigenvalue weighted by Crippen LogP contribution is 2.42. The summed E-state index contributed by atoms with van der Waals surface area (Å²) in [6, 6.07) is 18.6. The molecule has 1 heterocycles. The van der Waals surface area contributed by atoms with E-state index in [1.165, 1.54) is 22.9 Å². The number of carbonyl (C=O) groups excluding carboxylic acids is 1. The van der Waals surface area contributed by atoms with Crippen molar-refractivity contribution >= 4 is 40.7 Å². The highest BCUT2D eigenvalue weighted by Gasteiger charge is 2.26. The largest absolute Gasteiger partial charge is 0.402 e. The third kappa shape index (κ3) is 5.00. The monoisotopic (exact) mass is 510 g/mol. The van der Waals surface area contributed by atoms with E-state index >= 15 is 0 Å². The Balaban J connectivity index is 1.80. The van der Waals surface area contributed by atoms with Gasteiger partial charge in [-0.25, -0.2) is 4.79 Å². The summed E-state index contributed by atoms with van der Waals surface area (Å²) < 4.78 is 7.09. The van der Waals surface area contributed by atoms with Crippen LogP contribution in [0.25, 0.3) is 5.69 Å². The number of ether oxygens (including phenoxy) is 1. The lowest BCUT2D eigenvalue weighted by Crippen LogP contribution is -2.12. The molecule has 0 bridgehead atoms. The number of carbonyl (C=O) groups is 1. The second kappa shape index (κ2) is 9.95. The third-order valence-corrected chi connectivity index (χ3v) is 6.37.